The molecule has 1 atom stereocenters. The fraction of sp³-hybridized carbons (Fsp3) is 0.571. The summed E-state index contributed by atoms with van der Waals surface area (Å²) in [7, 11) is 2.16. The predicted octanol–water partition coefficient (Wildman–Crippen LogP) is 1.58. The average molecular weight is 234 g/mol. The number of nitrogens with zero attached hydrogens (tertiary/aromatic N) is 2. The summed E-state index contributed by atoms with van der Waals surface area (Å²) in [5, 5.41) is 9.14. The van der Waals surface area contributed by atoms with Crippen molar-refractivity contribution in [3.8, 4) is 0 Å². The van der Waals surface area contributed by atoms with E-state index in [1.165, 1.54) is 12.1 Å². The smallest absolute Gasteiger partial charge is 0.0446 e. The fourth-order valence-electron chi connectivity index (χ4n) is 2.51. The summed E-state index contributed by atoms with van der Waals surface area (Å²) in [6.45, 7) is 3.52. The van der Waals surface area contributed by atoms with E-state index in [2.05, 4.69) is 47.2 Å². The Morgan fingerprint density at radius 1 is 1.24 bits per heavy atom. The third-order valence-corrected chi connectivity index (χ3v) is 3.58. The molecule has 3 heteroatoms. The van der Waals surface area contributed by atoms with Crippen molar-refractivity contribution in [3.05, 3.63) is 30.3 Å². The van der Waals surface area contributed by atoms with Crippen LogP contribution in [0.4, 0.5) is 5.69 Å². The highest BCUT2D eigenvalue weighted by Gasteiger charge is 2.21. The zero-order valence-electron chi connectivity index (χ0n) is 10.5. The van der Waals surface area contributed by atoms with Crippen molar-refractivity contribution >= 4 is 5.69 Å². The minimum atomic E-state index is 0.275. The van der Waals surface area contributed by atoms with E-state index in [0.29, 0.717) is 6.04 Å². The summed E-state index contributed by atoms with van der Waals surface area (Å²) < 4.78 is 0. The Labute approximate surface area is 104 Å². The first-order valence-electron chi connectivity index (χ1n) is 6.42. The predicted molar refractivity (Wildman–Crippen MR) is 71.4 cm³/mol. The largest absolute Gasteiger partial charge is 0.396 e. The first kappa shape index (κ1) is 12.4. The van der Waals surface area contributed by atoms with E-state index >= 15 is 0 Å². The molecule has 1 aromatic rings. The number of anilines is 1. The standard InChI is InChI=1S/C14H22N2O/c1-15-9-5-10-16(12-14(15)8-11-17)13-6-3-2-4-7-13/h2-4,6-7,14,17H,5,8-12H2,1H3. The molecule has 1 aliphatic heterocycles. The van der Waals surface area contributed by atoms with Crippen LogP contribution in [0.3, 0.4) is 0 Å². The molecule has 2 rings (SSSR count). The van der Waals surface area contributed by atoms with Crippen molar-refractivity contribution in [1.82, 2.24) is 4.90 Å². The molecule has 1 unspecified atom stereocenters. The van der Waals surface area contributed by atoms with Crippen molar-refractivity contribution in [1.29, 1.82) is 0 Å². The van der Waals surface area contributed by atoms with E-state index in [9.17, 15) is 0 Å². The van der Waals surface area contributed by atoms with Crippen LogP contribution in [0.15, 0.2) is 30.3 Å². The molecule has 3 nitrogen and oxygen atoms in total. The Morgan fingerprint density at radius 2 is 2.00 bits per heavy atom. The molecule has 1 aliphatic rings. The van der Waals surface area contributed by atoms with Gasteiger partial charge >= 0.3 is 0 Å². The number of likely N-dealkylation sites (N-methyl/N-ethyl adjacent to an activating group) is 1. The molecule has 0 aromatic heterocycles. The third kappa shape index (κ3) is 3.20. The summed E-state index contributed by atoms with van der Waals surface area (Å²) in [5.41, 5.74) is 1.30. The number of aliphatic hydroxyl groups excluding tert-OH is 1. The molecule has 0 aliphatic carbocycles. The van der Waals surface area contributed by atoms with Crippen LogP contribution >= 0.6 is 0 Å². The number of rotatable bonds is 3. The average Bonchev–Trinajstić information content (AvgIpc) is 2.54. The van der Waals surface area contributed by atoms with Crippen LogP contribution in [-0.2, 0) is 0 Å². The van der Waals surface area contributed by atoms with Gasteiger partial charge in [0.25, 0.3) is 0 Å². The monoisotopic (exact) mass is 234 g/mol. The molecule has 17 heavy (non-hydrogen) atoms. The lowest BCUT2D eigenvalue weighted by atomic mass is 10.1. The molecule has 1 heterocycles. The second-order valence-electron chi connectivity index (χ2n) is 4.78. The van der Waals surface area contributed by atoms with Gasteiger partial charge in [-0.2, -0.15) is 0 Å². The highest BCUT2D eigenvalue weighted by atomic mass is 16.3. The van der Waals surface area contributed by atoms with Crippen molar-refractivity contribution in [2.24, 2.45) is 0 Å². The van der Waals surface area contributed by atoms with Crippen LogP contribution in [0.1, 0.15) is 12.8 Å². The van der Waals surface area contributed by atoms with E-state index in [1.54, 1.807) is 0 Å². The van der Waals surface area contributed by atoms with E-state index in [1.807, 2.05) is 0 Å². The van der Waals surface area contributed by atoms with Gasteiger partial charge in [-0.05, 0) is 38.6 Å². The number of hydrogen-bond acceptors (Lipinski definition) is 3. The summed E-state index contributed by atoms with van der Waals surface area (Å²) in [6.07, 6.45) is 2.05. The maximum Gasteiger partial charge on any atom is 0.0446 e. The van der Waals surface area contributed by atoms with Crippen LogP contribution in [0.5, 0.6) is 0 Å². The lowest BCUT2D eigenvalue weighted by molar-refractivity contribution is 0.196. The van der Waals surface area contributed by atoms with Gasteiger partial charge in [-0.1, -0.05) is 18.2 Å². The molecule has 0 bridgehead atoms. The van der Waals surface area contributed by atoms with E-state index in [-0.39, 0.29) is 6.61 Å². The molecule has 0 saturated carbocycles. The van der Waals surface area contributed by atoms with Crippen molar-refractivity contribution < 1.29 is 5.11 Å². The minimum Gasteiger partial charge on any atom is -0.396 e. The summed E-state index contributed by atoms with van der Waals surface area (Å²) >= 11 is 0. The Morgan fingerprint density at radius 3 is 2.71 bits per heavy atom. The van der Waals surface area contributed by atoms with Gasteiger partial charge in [0.1, 0.15) is 0 Å². The van der Waals surface area contributed by atoms with Crippen LogP contribution in [-0.4, -0.2) is 49.3 Å². The molecule has 1 fully saturated rings. The zero-order chi connectivity index (χ0) is 12.1. The fourth-order valence-corrected chi connectivity index (χ4v) is 2.51. The van der Waals surface area contributed by atoms with Crippen LogP contribution < -0.4 is 4.90 Å². The van der Waals surface area contributed by atoms with Gasteiger partial charge in [-0.3, -0.25) is 0 Å². The van der Waals surface area contributed by atoms with Gasteiger partial charge in [-0.25, -0.2) is 0 Å². The number of benzene rings is 1. The number of para-hydroxylation sites is 1. The molecule has 0 spiro atoms. The SMILES string of the molecule is CN1CCCN(c2ccccc2)CC1CCO. The molecule has 94 valence electrons. The number of aliphatic hydroxyl groups is 1. The first-order valence-corrected chi connectivity index (χ1v) is 6.42. The maximum atomic E-state index is 9.14. The van der Waals surface area contributed by atoms with Crippen molar-refractivity contribution in [3.63, 3.8) is 0 Å². The van der Waals surface area contributed by atoms with Gasteiger partial charge in [0.05, 0.1) is 0 Å². The lowest BCUT2D eigenvalue weighted by Gasteiger charge is -2.29. The third-order valence-electron chi connectivity index (χ3n) is 3.58. The Hall–Kier alpha value is -1.06. The van der Waals surface area contributed by atoms with Gasteiger partial charge in [0.15, 0.2) is 0 Å². The highest BCUT2D eigenvalue weighted by Crippen LogP contribution is 2.19. The first-order chi connectivity index (χ1) is 8.31. The van der Waals surface area contributed by atoms with Crippen molar-refractivity contribution in [2.75, 3.05) is 38.2 Å². The molecule has 1 aromatic carbocycles. The lowest BCUT2D eigenvalue weighted by Crippen LogP contribution is -2.39. The second kappa shape index (κ2) is 6.03. The molecular weight excluding hydrogens is 212 g/mol. The molecule has 0 radical (unpaired) electrons. The Kier molecular flexibility index (Phi) is 4.40. The van der Waals surface area contributed by atoms with Crippen LogP contribution in [0.2, 0.25) is 0 Å². The molecule has 1 saturated heterocycles. The minimum absolute atomic E-state index is 0.275. The van der Waals surface area contributed by atoms with Crippen molar-refractivity contribution in [2.45, 2.75) is 18.9 Å². The van der Waals surface area contributed by atoms with Gasteiger partial charge in [0.2, 0.25) is 0 Å². The quantitative estimate of drug-likeness (QED) is 0.860. The Balaban J connectivity index is 2.08. The molecule has 1 N–H and O–H groups in total. The zero-order valence-corrected chi connectivity index (χ0v) is 10.5. The highest BCUT2D eigenvalue weighted by molar-refractivity contribution is 5.46. The summed E-state index contributed by atoms with van der Waals surface area (Å²) in [4.78, 5) is 4.81. The van der Waals surface area contributed by atoms with E-state index < -0.39 is 0 Å². The Bertz CT molecular complexity index is 328. The van der Waals surface area contributed by atoms with Gasteiger partial charge in [0, 0.05) is 31.4 Å². The van der Waals surface area contributed by atoms with Crippen LogP contribution in [0.25, 0.3) is 0 Å². The molecular formula is C14H22N2O. The normalized spacial score (nSPS) is 22.5. The number of hydrogen-bond donors (Lipinski definition) is 1. The summed E-state index contributed by atoms with van der Waals surface area (Å²) in [5.74, 6) is 0. The van der Waals surface area contributed by atoms with Gasteiger partial charge < -0.3 is 14.9 Å². The van der Waals surface area contributed by atoms with Gasteiger partial charge in [-0.15, -0.1) is 0 Å². The van der Waals surface area contributed by atoms with Crippen LogP contribution in [0, 0.1) is 0 Å². The molecule has 0 amide bonds. The van der Waals surface area contributed by atoms with E-state index in [4.69, 9.17) is 5.11 Å². The topological polar surface area (TPSA) is 26.7 Å². The maximum absolute atomic E-state index is 9.14. The summed E-state index contributed by atoms with van der Waals surface area (Å²) in [6, 6.07) is 11.0. The second-order valence-corrected chi connectivity index (χ2v) is 4.78. The van der Waals surface area contributed by atoms with E-state index in [0.717, 1.165) is 26.1 Å².